The maximum Gasteiger partial charge on any atom is 0.323 e. The third-order valence-electron chi connectivity index (χ3n) is 2.15. The molecule has 1 rings (SSSR count). The van der Waals surface area contributed by atoms with Crippen LogP contribution in [0.2, 0.25) is 0 Å². The fraction of sp³-hybridized carbons (Fsp3) is 0.200. The van der Waals surface area contributed by atoms with Gasteiger partial charge in [-0.2, -0.15) is 8.42 Å². The summed E-state index contributed by atoms with van der Waals surface area (Å²) in [6.07, 6.45) is 0. The summed E-state index contributed by atoms with van der Waals surface area (Å²) in [5, 5.41) is 17.3. The van der Waals surface area contributed by atoms with Crippen LogP contribution in [0.25, 0.3) is 0 Å². The molecular weight excluding hydrogens is 278 g/mol. The molecule has 0 bridgehead atoms. The molecule has 19 heavy (non-hydrogen) atoms. The molecular formula is C10H11NO7S. The van der Waals surface area contributed by atoms with Crippen molar-refractivity contribution in [3.8, 4) is 0 Å². The first-order valence-corrected chi connectivity index (χ1v) is 6.40. The molecule has 0 aliphatic heterocycles. The summed E-state index contributed by atoms with van der Waals surface area (Å²) in [5.41, 5.74) is 0.220. The van der Waals surface area contributed by atoms with Crippen molar-refractivity contribution < 1.29 is 32.8 Å². The van der Waals surface area contributed by atoms with Crippen molar-refractivity contribution in [2.24, 2.45) is 0 Å². The van der Waals surface area contributed by atoms with Crippen LogP contribution in [-0.2, 0) is 19.7 Å². The second-order valence-corrected chi connectivity index (χ2v) is 5.03. The zero-order chi connectivity index (χ0) is 14.6. The quantitative estimate of drug-likeness (QED) is 0.619. The van der Waals surface area contributed by atoms with Gasteiger partial charge in [0.25, 0.3) is 10.1 Å². The highest BCUT2D eigenvalue weighted by molar-refractivity contribution is 7.85. The zero-order valence-electron chi connectivity index (χ0n) is 9.55. The van der Waals surface area contributed by atoms with Crippen LogP contribution in [0.5, 0.6) is 0 Å². The van der Waals surface area contributed by atoms with Crippen LogP contribution in [0.15, 0.2) is 29.2 Å². The highest BCUT2D eigenvalue weighted by Gasteiger charge is 2.15. The maximum absolute atomic E-state index is 10.8. The number of hydrogen-bond acceptors (Lipinski definition) is 5. The molecule has 0 aliphatic rings. The molecule has 3 N–H and O–H groups in total. The molecule has 8 nitrogen and oxygen atoms in total. The van der Waals surface area contributed by atoms with Gasteiger partial charge in [-0.05, 0) is 24.3 Å². The summed E-state index contributed by atoms with van der Waals surface area (Å²) in [4.78, 5) is 21.9. The second kappa shape index (κ2) is 5.67. The lowest BCUT2D eigenvalue weighted by atomic mass is 10.3. The Morgan fingerprint density at radius 2 is 1.42 bits per heavy atom. The SMILES string of the molecule is O=C(O)CN(CC(=O)O)c1ccc(S(=O)(=O)O)cc1. The summed E-state index contributed by atoms with van der Waals surface area (Å²) < 4.78 is 30.4. The first-order valence-electron chi connectivity index (χ1n) is 4.96. The number of anilines is 1. The summed E-state index contributed by atoms with van der Waals surface area (Å²) in [6, 6.07) is 4.55. The number of rotatable bonds is 6. The van der Waals surface area contributed by atoms with Crippen LogP contribution in [0.1, 0.15) is 0 Å². The Labute approximate surface area is 108 Å². The maximum atomic E-state index is 10.8. The number of aliphatic carboxylic acids is 2. The number of carbonyl (C=O) groups is 2. The van der Waals surface area contributed by atoms with Crippen molar-refractivity contribution in [2.45, 2.75) is 4.90 Å². The van der Waals surface area contributed by atoms with Crippen molar-refractivity contribution in [1.82, 2.24) is 0 Å². The van der Waals surface area contributed by atoms with E-state index in [2.05, 4.69) is 0 Å². The molecule has 0 amide bonds. The first kappa shape index (κ1) is 14.9. The Morgan fingerprint density at radius 1 is 1.00 bits per heavy atom. The van der Waals surface area contributed by atoms with E-state index in [1.54, 1.807) is 0 Å². The summed E-state index contributed by atoms with van der Waals surface area (Å²) in [5.74, 6) is -2.44. The lowest BCUT2D eigenvalue weighted by Gasteiger charge is -2.20. The van der Waals surface area contributed by atoms with Gasteiger partial charge in [0.2, 0.25) is 0 Å². The van der Waals surface area contributed by atoms with Crippen molar-refractivity contribution in [3.63, 3.8) is 0 Å². The molecule has 9 heteroatoms. The molecule has 0 aromatic heterocycles. The predicted octanol–water partition coefficient (Wildman–Crippen LogP) is -0.0911. The number of hydrogen-bond donors (Lipinski definition) is 3. The topological polar surface area (TPSA) is 132 Å². The number of benzene rings is 1. The van der Waals surface area contributed by atoms with Gasteiger partial charge >= 0.3 is 11.9 Å². The molecule has 0 radical (unpaired) electrons. The smallest absolute Gasteiger partial charge is 0.323 e. The van der Waals surface area contributed by atoms with E-state index in [0.717, 1.165) is 17.0 Å². The summed E-state index contributed by atoms with van der Waals surface area (Å²) in [7, 11) is -4.34. The van der Waals surface area contributed by atoms with Crippen molar-refractivity contribution in [2.75, 3.05) is 18.0 Å². The molecule has 1 aromatic carbocycles. The van der Waals surface area contributed by atoms with Gasteiger partial charge in [-0.1, -0.05) is 0 Å². The minimum atomic E-state index is -4.34. The zero-order valence-corrected chi connectivity index (χ0v) is 10.4. The van der Waals surface area contributed by atoms with Crippen LogP contribution in [-0.4, -0.2) is 48.2 Å². The van der Waals surface area contributed by atoms with Gasteiger partial charge in [0, 0.05) is 5.69 Å². The third kappa shape index (κ3) is 4.56. The van der Waals surface area contributed by atoms with E-state index in [1.165, 1.54) is 12.1 Å². The van der Waals surface area contributed by atoms with Gasteiger partial charge in [0.05, 0.1) is 4.90 Å². The molecule has 0 heterocycles. The van der Waals surface area contributed by atoms with Gasteiger partial charge in [-0.3, -0.25) is 14.1 Å². The Morgan fingerprint density at radius 3 is 1.74 bits per heavy atom. The number of nitrogens with zero attached hydrogens (tertiary/aromatic N) is 1. The average molecular weight is 289 g/mol. The molecule has 0 saturated heterocycles. The Kier molecular flexibility index (Phi) is 4.46. The van der Waals surface area contributed by atoms with E-state index < -0.39 is 35.1 Å². The largest absolute Gasteiger partial charge is 0.480 e. The lowest BCUT2D eigenvalue weighted by molar-refractivity contribution is -0.136. The average Bonchev–Trinajstić information content (AvgIpc) is 2.26. The molecule has 0 spiro atoms. The molecule has 1 aromatic rings. The lowest BCUT2D eigenvalue weighted by Crippen LogP contribution is -2.34. The predicted molar refractivity (Wildman–Crippen MR) is 63.7 cm³/mol. The normalized spacial score (nSPS) is 11.0. The van der Waals surface area contributed by atoms with Gasteiger partial charge in [-0.25, -0.2) is 0 Å². The van der Waals surface area contributed by atoms with E-state index >= 15 is 0 Å². The fourth-order valence-electron chi connectivity index (χ4n) is 1.39. The molecule has 0 atom stereocenters. The minimum absolute atomic E-state index is 0.220. The minimum Gasteiger partial charge on any atom is -0.480 e. The highest BCUT2D eigenvalue weighted by Crippen LogP contribution is 2.17. The molecule has 0 unspecified atom stereocenters. The van der Waals surface area contributed by atoms with Gasteiger partial charge in [0.15, 0.2) is 0 Å². The van der Waals surface area contributed by atoms with Crippen molar-refractivity contribution in [3.05, 3.63) is 24.3 Å². The second-order valence-electron chi connectivity index (χ2n) is 3.61. The molecule has 0 aliphatic carbocycles. The van der Waals surface area contributed by atoms with E-state index in [9.17, 15) is 18.0 Å². The monoisotopic (exact) mass is 289 g/mol. The van der Waals surface area contributed by atoms with Crippen LogP contribution in [0, 0.1) is 0 Å². The van der Waals surface area contributed by atoms with Crippen LogP contribution < -0.4 is 4.90 Å². The van der Waals surface area contributed by atoms with E-state index in [1.807, 2.05) is 0 Å². The van der Waals surface area contributed by atoms with Gasteiger partial charge < -0.3 is 15.1 Å². The molecule has 0 saturated carbocycles. The van der Waals surface area contributed by atoms with Crippen molar-refractivity contribution in [1.29, 1.82) is 0 Å². The van der Waals surface area contributed by atoms with Crippen LogP contribution in [0.3, 0.4) is 0 Å². The Bertz CT molecular complexity index is 562. The molecule has 104 valence electrons. The fourth-order valence-corrected chi connectivity index (χ4v) is 1.87. The van der Waals surface area contributed by atoms with Gasteiger partial charge in [0.1, 0.15) is 13.1 Å². The van der Waals surface area contributed by atoms with Crippen molar-refractivity contribution >= 4 is 27.7 Å². The Balaban J connectivity index is 3.03. The molecule has 0 fully saturated rings. The Hall–Kier alpha value is -2.13. The standard InChI is InChI=1S/C10H11NO7S/c12-9(13)5-11(6-10(14)15)7-1-3-8(4-2-7)19(16,17)18/h1-4H,5-6H2,(H,12,13)(H,14,15)(H,16,17,18). The van der Waals surface area contributed by atoms with Crippen LogP contribution in [0.4, 0.5) is 5.69 Å². The van der Waals surface area contributed by atoms with E-state index in [4.69, 9.17) is 14.8 Å². The summed E-state index contributed by atoms with van der Waals surface area (Å²) in [6.45, 7) is -1.09. The number of carboxylic acids is 2. The van der Waals surface area contributed by atoms with E-state index in [0.29, 0.717) is 0 Å². The van der Waals surface area contributed by atoms with E-state index in [-0.39, 0.29) is 10.6 Å². The van der Waals surface area contributed by atoms with Crippen LogP contribution >= 0.6 is 0 Å². The van der Waals surface area contributed by atoms with Gasteiger partial charge in [-0.15, -0.1) is 0 Å². The highest BCUT2D eigenvalue weighted by atomic mass is 32.2. The number of carboxylic acid groups (broad SMARTS) is 2. The summed E-state index contributed by atoms with van der Waals surface area (Å²) >= 11 is 0. The first-order chi connectivity index (χ1) is 8.70. The third-order valence-corrected chi connectivity index (χ3v) is 3.02.